The Morgan fingerprint density at radius 3 is 2.56 bits per heavy atom. The van der Waals surface area contributed by atoms with Crippen LogP contribution in [0, 0.1) is 0 Å². The normalized spacial score (nSPS) is 15.6. The van der Waals surface area contributed by atoms with Crippen molar-refractivity contribution < 1.29 is 0 Å². The second-order valence-corrected chi connectivity index (χ2v) is 7.64. The Hall–Kier alpha value is -1.95. The summed E-state index contributed by atoms with van der Waals surface area (Å²) in [4.78, 5) is 21.2. The Morgan fingerprint density at radius 2 is 1.80 bits per heavy atom. The summed E-state index contributed by atoms with van der Waals surface area (Å²) in [5, 5.41) is 1.98. The van der Waals surface area contributed by atoms with Crippen LogP contribution in [0.5, 0.6) is 0 Å². The van der Waals surface area contributed by atoms with E-state index in [2.05, 4.69) is 39.0 Å². The molecule has 0 bridgehead atoms. The minimum Gasteiger partial charge on any atom is -0.345 e. The molecule has 0 saturated carbocycles. The quantitative estimate of drug-likeness (QED) is 0.704. The van der Waals surface area contributed by atoms with Crippen molar-refractivity contribution in [1.29, 1.82) is 0 Å². The van der Waals surface area contributed by atoms with E-state index in [1.165, 1.54) is 5.56 Å². The van der Waals surface area contributed by atoms with Crippen LogP contribution < -0.4 is 10.5 Å². The van der Waals surface area contributed by atoms with Gasteiger partial charge in [-0.3, -0.25) is 9.69 Å². The highest BCUT2D eigenvalue weighted by Crippen LogP contribution is 2.26. The molecular weight excluding hydrogens is 354 g/mol. The minimum atomic E-state index is -0.196. The van der Waals surface area contributed by atoms with Crippen LogP contribution in [-0.2, 0) is 6.54 Å². The number of aromatic nitrogens is 1. The van der Waals surface area contributed by atoms with Crippen LogP contribution in [-0.4, -0.2) is 36.1 Å². The fourth-order valence-corrected chi connectivity index (χ4v) is 4.30. The molecule has 1 aliphatic rings. The van der Waals surface area contributed by atoms with E-state index in [0.29, 0.717) is 10.4 Å². The van der Waals surface area contributed by atoms with E-state index in [4.69, 9.17) is 11.6 Å². The van der Waals surface area contributed by atoms with E-state index in [0.717, 1.165) is 42.6 Å². The van der Waals surface area contributed by atoms with Gasteiger partial charge in [0.25, 0.3) is 5.56 Å². The number of benzene rings is 2. The maximum Gasteiger partial charge on any atom is 0.281 e. The summed E-state index contributed by atoms with van der Waals surface area (Å²) in [6, 6.07) is 15.9. The molecule has 4 rings (SSSR count). The first-order valence-electron chi connectivity index (χ1n) is 8.31. The third kappa shape index (κ3) is 3.68. The molecule has 25 heavy (non-hydrogen) atoms. The van der Waals surface area contributed by atoms with E-state index in [1.807, 2.05) is 18.2 Å². The molecule has 6 heteroatoms. The van der Waals surface area contributed by atoms with Crippen molar-refractivity contribution >= 4 is 38.2 Å². The minimum absolute atomic E-state index is 0.196. The lowest BCUT2D eigenvalue weighted by Gasteiger charge is -2.34. The van der Waals surface area contributed by atoms with Crippen molar-refractivity contribution in [3.63, 3.8) is 0 Å². The first-order valence-corrected chi connectivity index (χ1v) is 9.50. The van der Waals surface area contributed by atoms with Crippen LogP contribution in [0.15, 0.2) is 53.3 Å². The molecule has 0 radical (unpaired) electrons. The number of nitrogens with zero attached hydrogens (tertiary/aromatic N) is 3. The molecule has 3 aromatic rings. The molecular formula is C19H18ClN3OS. The molecule has 1 aliphatic heterocycles. The predicted molar refractivity (Wildman–Crippen MR) is 105 cm³/mol. The Morgan fingerprint density at radius 1 is 1.04 bits per heavy atom. The summed E-state index contributed by atoms with van der Waals surface area (Å²) in [5.41, 5.74) is 1.14. The molecule has 0 unspecified atom stereocenters. The Balaban J connectivity index is 1.48. The van der Waals surface area contributed by atoms with Crippen LogP contribution >= 0.6 is 22.9 Å². The third-order valence-corrected chi connectivity index (χ3v) is 5.81. The fraction of sp³-hybridized carbons (Fsp3) is 0.263. The van der Waals surface area contributed by atoms with Crippen molar-refractivity contribution in [3.8, 4) is 0 Å². The summed E-state index contributed by atoms with van der Waals surface area (Å²) in [6.45, 7) is 4.67. The van der Waals surface area contributed by atoms with Crippen molar-refractivity contribution in [2.24, 2.45) is 0 Å². The van der Waals surface area contributed by atoms with Gasteiger partial charge in [-0.1, -0.05) is 53.3 Å². The lowest BCUT2D eigenvalue weighted by Crippen LogP contribution is -2.46. The molecule has 128 valence electrons. The average Bonchev–Trinajstić information content (AvgIpc) is 2.64. The first-order chi connectivity index (χ1) is 12.2. The Labute approximate surface area is 155 Å². The van der Waals surface area contributed by atoms with Gasteiger partial charge in [0.05, 0.1) is 5.39 Å². The second kappa shape index (κ2) is 7.12. The SMILES string of the molecule is O=c1nc(N2CCN(Cc3ccccc3)CC2)sc2ccc(Cl)cc12. The number of anilines is 1. The van der Waals surface area contributed by atoms with Gasteiger partial charge in [0.2, 0.25) is 0 Å². The molecule has 4 nitrogen and oxygen atoms in total. The summed E-state index contributed by atoms with van der Waals surface area (Å²) >= 11 is 7.54. The van der Waals surface area contributed by atoms with E-state index in [1.54, 1.807) is 17.4 Å². The van der Waals surface area contributed by atoms with E-state index in [9.17, 15) is 4.79 Å². The lowest BCUT2D eigenvalue weighted by molar-refractivity contribution is 0.250. The topological polar surface area (TPSA) is 36.4 Å². The molecule has 1 fully saturated rings. The number of halogens is 1. The second-order valence-electron chi connectivity index (χ2n) is 6.19. The van der Waals surface area contributed by atoms with Crippen molar-refractivity contribution in [1.82, 2.24) is 9.88 Å². The highest BCUT2D eigenvalue weighted by molar-refractivity contribution is 7.21. The summed E-state index contributed by atoms with van der Waals surface area (Å²) in [7, 11) is 0. The van der Waals surface area contributed by atoms with Gasteiger partial charge in [-0.05, 0) is 23.8 Å². The van der Waals surface area contributed by atoms with Crippen LogP contribution in [0.4, 0.5) is 5.13 Å². The number of hydrogen-bond acceptors (Lipinski definition) is 5. The molecule has 0 N–H and O–H groups in total. The van der Waals surface area contributed by atoms with Gasteiger partial charge in [-0.2, -0.15) is 4.98 Å². The van der Waals surface area contributed by atoms with Crippen LogP contribution in [0.25, 0.3) is 10.1 Å². The van der Waals surface area contributed by atoms with Crippen molar-refractivity contribution in [3.05, 3.63) is 69.5 Å². The first kappa shape index (κ1) is 16.5. The number of hydrogen-bond donors (Lipinski definition) is 0. The van der Waals surface area contributed by atoms with Crippen molar-refractivity contribution in [2.45, 2.75) is 6.54 Å². The van der Waals surface area contributed by atoms with Crippen LogP contribution in [0.3, 0.4) is 0 Å². The van der Waals surface area contributed by atoms with Gasteiger partial charge in [0.1, 0.15) is 0 Å². The average molecular weight is 372 g/mol. The molecule has 1 saturated heterocycles. The maximum atomic E-state index is 12.3. The third-order valence-electron chi connectivity index (χ3n) is 4.46. The van der Waals surface area contributed by atoms with Gasteiger partial charge in [-0.25, -0.2) is 0 Å². The zero-order chi connectivity index (χ0) is 17.2. The van der Waals surface area contributed by atoms with Gasteiger partial charge >= 0.3 is 0 Å². The number of fused-ring (bicyclic) bond motifs is 1. The Kier molecular flexibility index (Phi) is 4.70. The molecule has 0 spiro atoms. The highest BCUT2D eigenvalue weighted by Gasteiger charge is 2.19. The predicted octanol–water partition coefficient (Wildman–Crippen LogP) is 3.63. The van der Waals surface area contributed by atoms with E-state index >= 15 is 0 Å². The Bertz CT molecular complexity index is 936. The van der Waals surface area contributed by atoms with Crippen LogP contribution in [0.2, 0.25) is 5.02 Å². The number of rotatable bonds is 3. The summed E-state index contributed by atoms with van der Waals surface area (Å²) in [5.74, 6) is 0. The summed E-state index contributed by atoms with van der Waals surface area (Å²) in [6.07, 6.45) is 0. The fourth-order valence-electron chi connectivity index (χ4n) is 3.10. The molecule has 2 heterocycles. The van der Waals surface area contributed by atoms with Gasteiger partial charge < -0.3 is 4.90 Å². The zero-order valence-electron chi connectivity index (χ0n) is 13.7. The van der Waals surface area contributed by atoms with Gasteiger partial charge in [-0.15, -0.1) is 0 Å². The maximum absolute atomic E-state index is 12.3. The largest absolute Gasteiger partial charge is 0.345 e. The number of piperazine rings is 1. The molecule has 0 amide bonds. The van der Waals surface area contributed by atoms with E-state index in [-0.39, 0.29) is 5.56 Å². The zero-order valence-corrected chi connectivity index (χ0v) is 15.3. The smallest absolute Gasteiger partial charge is 0.281 e. The standard InChI is InChI=1S/C19H18ClN3OS/c20-15-6-7-17-16(12-15)18(24)21-19(25-17)23-10-8-22(9-11-23)13-14-4-2-1-3-5-14/h1-7,12H,8-11,13H2. The lowest BCUT2D eigenvalue weighted by atomic mass is 10.2. The monoisotopic (exact) mass is 371 g/mol. The molecule has 0 atom stereocenters. The molecule has 1 aromatic heterocycles. The van der Waals surface area contributed by atoms with Gasteiger partial charge in [0, 0.05) is 42.4 Å². The van der Waals surface area contributed by atoms with Gasteiger partial charge in [0.15, 0.2) is 5.13 Å². The van der Waals surface area contributed by atoms with Crippen LogP contribution in [0.1, 0.15) is 5.56 Å². The highest BCUT2D eigenvalue weighted by atomic mass is 35.5. The molecule has 0 aliphatic carbocycles. The van der Waals surface area contributed by atoms with E-state index < -0.39 is 0 Å². The summed E-state index contributed by atoms with van der Waals surface area (Å²) < 4.78 is 0.936. The molecule has 2 aromatic carbocycles. The van der Waals surface area contributed by atoms with Crippen molar-refractivity contribution in [2.75, 3.05) is 31.1 Å².